The first-order valence-electron chi connectivity index (χ1n) is 8.61. The van der Waals surface area contributed by atoms with E-state index in [-0.39, 0.29) is 5.57 Å². The lowest BCUT2D eigenvalue weighted by atomic mass is 9.96. The summed E-state index contributed by atoms with van der Waals surface area (Å²) in [5.41, 5.74) is 2.19. The molecule has 2 aromatic rings. The molecule has 3 rings (SSSR count). The van der Waals surface area contributed by atoms with Crippen LogP contribution < -0.4 is 15.4 Å². The van der Waals surface area contributed by atoms with E-state index in [0.717, 1.165) is 5.56 Å². The highest BCUT2D eigenvalue weighted by molar-refractivity contribution is 9.10. The maximum absolute atomic E-state index is 12.1. The van der Waals surface area contributed by atoms with Gasteiger partial charge in [0.15, 0.2) is 5.11 Å². The number of thiocarbonyl (C=S) groups is 1. The van der Waals surface area contributed by atoms with Crippen molar-refractivity contribution in [1.82, 2.24) is 10.6 Å². The van der Waals surface area contributed by atoms with Crippen molar-refractivity contribution >= 4 is 51.3 Å². The number of carbonyl (C=O) groups excluding carboxylic acids is 1. The van der Waals surface area contributed by atoms with Gasteiger partial charge in [-0.15, -0.1) is 0 Å². The van der Waals surface area contributed by atoms with E-state index in [4.69, 9.17) is 17.0 Å². The molecule has 0 bridgehead atoms. The highest BCUT2D eigenvalue weighted by Crippen LogP contribution is 2.33. The lowest BCUT2D eigenvalue weighted by Gasteiger charge is -2.29. The Morgan fingerprint density at radius 3 is 2.59 bits per heavy atom. The molecule has 0 fully saturated rings. The van der Waals surface area contributed by atoms with Gasteiger partial charge in [-0.1, -0.05) is 36.4 Å². The topological polar surface area (TPSA) is 87.7 Å². The lowest BCUT2D eigenvalue weighted by Crippen LogP contribution is -2.44. The Morgan fingerprint density at radius 1 is 1.21 bits per heavy atom. The summed E-state index contributed by atoms with van der Waals surface area (Å²) in [4.78, 5) is 23.8. The summed E-state index contributed by atoms with van der Waals surface area (Å²) in [6, 6.07) is 13.8. The number of aliphatic carboxylic acids is 1. The average molecular weight is 473 g/mol. The average Bonchev–Trinajstić information content (AvgIpc) is 2.67. The molecule has 0 aromatic heterocycles. The van der Waals surface area contributed by atoms with Crippen LogP contribution in [-0.2, 0) is 9.59 Å². The summed E-state index contributed by atoms with van der Waals surface area (Å²) in [5.74, 6) is -1.25. The van der Waals surface area contributed by atoms with Gasteiger partial charge in [0.25, 0.3) is 0 Å². The zero-order valence-corrected chi connectivity index (χ0v) is 17.7. The molecule has 148 valence electrons. The van der Waals surface area contributed by atoms with Crippen LogP contribution in [-0.4, -0.2) is 22.2 Å². The Hall–Kier alpha value is -2.97. The smallest absolute Gasteiger partial charge is 0.336 e. The summed E-state index contributed by atoms with van der Waals surface area (Å²) in [6.45, 7) is 1.66. The van der Waals surface area contributed by atoms with E-state index in [2.05, 4.69) is 26.6 Å². The van der Waals surface area contributed by atoms with Gasteiger partial charge in [0.1, 0.15) is 5.75 Å². The molecule has 1 heterocycles. The SMILES string of the molecule is CC1=C(C(=O)O)C(c2ccc(OC(=O)C=Cc3ccccc3)c(Br)c2)NC(=S)N1. The summed E-state index contributed by atoms with van der Waals surface area (Å²) in [6.07, 6.45) is 3.01. The Labute approximate surface area is 181 Å². The monoisotopic (exact) mass is 472 g/mol. The van der Waals surface area contributed by atoms with Crippen LogP contribution in [0.15, 0.2) is 70.3 Å². The van der Waals surface area contributed by atoms with Gasteiger partial charge in [-0.05, 0) is 64.4 Å². The van der Waals surface area contributed by atoms with Gasteiger partial charge in [-0.2, -0.15) is 0 Å². The van der Waals surface area contributed by atoms with Gasteiger partial charge in [0, 0.05) is 11.8 Å². The zero-order valence-electron chi connectivity index (χ0n) is 15.3. The summed E-state index contributed by atoms with van der Waals surface area (Å²) >= 11 is 8.53. The van der Waals surface area contributed by atoms with Crippen LogP contribution in [0.5, 0.6) is 5.75 Å². The molecular weight excluding hydrogens is 456 g/mol. The zero-order chi connectivity index (χ0) is 21.0. The largest absolute Gasteiger partial charge is 0.478 e. The molecule has 0 radical (unpaired) electrons. The maximum atomic E-state index is 12.1. The number of halogens is 1. The quantitative estimate of drug-likeness (QED) is 0.262. The van der Waals surface area contributed by atoms with Crippen LogP contribution in [0.25, 0.3) is 6.08 Å². The third kappa shape index (κ3) is 5.10. The van der Waals surface area contributed by atoms with Crippen LogP contribution >= 0.6 is 28.1 Å². The van der Waals surface area contributed by atoms with E-state index in [9.17, 15) is 14.7 Å². The van der Waals surface area contributed by atoms with E-state index in [0.29, 0.717) is 26.6 Å². The van der Waals surface area contributed by atoms with Gasteiger partial charge in [-0.25, -0.2) is 9.59 Å². The number of benzene rings is 2. The van der Waals surface area contributed by atoms with Crippen LogP contribution in [0.3, 0.4) is 0 Å². The number of rotatable bonds is 5. The second-order valence-electron chi connectivity index (χ2n) is 6.23. The molecule has 29 heavy (non-hydrogen) atoms. The fourth-order valence-electron chi connectivity index (χ4n) is 2.88. The minimum absolute atomic E-state index is 0.168. The Kier molecular flexibility index (Phi) is 6.46. The maximum Gasteiger partial charge on any atom is 0.336 e. The number of carboxylic acid groups (broad SMARTS) is 1. The van der Waals surface area contributed by atoms with E-state index in [1.807, 2.05) is 30.3 Å². The van der Waals surface area contributed by atoms with Crippen LogP contribution in [0, 0.1) is 0 Å². The summed E-state index contributed by atoms with van der Waals surface area (Å²) < 4.78 is 5.88. The standard InChI is InChI=1S/C21H17BrN2O4S/c1-12-18(20(26)27)19(24-21(29)23-12)14-8-9-16(15(22)11-14)28-17(25)10-7-13-5-3-2-4-6-13/h2-11,19H,1H3,(H,26,27)(H2,23,24,29). The lowest BCUT2D eigenvalue weighted by molar-refractivity contribution is -0.133. The molecule has 1 aliphatic rings. The third-order valence-electron chi connectivity index (χ3n) is 4.21. The Morgan fingerprint density at radius 2 is 1.93 bits per heavy atom. The molecule has 1 atom stereocenters. The van der Waals surface area contributed by atoms with Gasteiger partial charge in [0.05, 0.1) is 16.1 Å². The minimum atomic E-state index is -1.05. The molecule has 0 saturated heterocycles. The van der Waals surface area contributed by atoms with Crippen LogP contribution in [0.4, 0.5) is 0 Å². The van der Waals surface area contributed by atoms with Gasteiger partial charge in [-0.3, -0.25) is 0 Å². The number of carboxylic acids is 1. The van der Waals surface area contributed by atoms with Crippen molar-refractivity contribution in [3.05, 3.63) is 81.5 Å². The second kappa shape index (κ2) is 9.02. The van der Waals surface area contributed by atoms with Gasteiger partial charge in [0.2, 0.25) is 0 Å². The molecule has 3 N–H and O–H groups in total. The number of hydrogen-bond acceptors (Lipinski definition) is 4. The van der Waals surface area contributed by atoms with E-state index in [1.54, 1.807) is 31.2 Å². The Bertz CT molecular complexity index is 1030. The predicted octanol–water partition coefficient (Wildman–Crippen LogP) is 3.95. The predicted molar refractivity (Wildman–Crippen MR) is 117 cm³/mol. The molecule has 0 spiro atoms. The van der Waals surface area contributed by atoms with Crippen molar-refractivity contribution in [2.24, 2.45) is 0 Å². The minimum Gasteiger partial charge on any atom is -0.478 e. The number of ether oxygens (including phenoxy) is 1. The van der Waals surface area contributed by atoms with Gasteiger partial charge >= 0.3 is 11.9 Å². The number of hydrogen-bond donors (Lipinski definition) is 3. The first-order chi connectivity index (χ1) is 13.8. The van der Waals surface area contributed by atoms with E-state index in [1.165, 1.54) is 6.08 Å². The summed E-state index contributed by atoms with van der Waals surface area (Å²) in [7, 11) is 0. The first-order valence-corrected chi connectivity index (χ1v) is 9.81. The van der Waals surface area contributed by atoms with Crippen molar-refractivity contribution < 1.29 is 19.4 Å². The van der Waals surface area contributed by atoms with Crippen molar-refractivity contribution in [2.75, 3.05) is 0 Å². The van der Waals surface area contributed by atoms with E-state index >= 15 is 0 Å². The van der Waals surface area contributed by atoms with Crippen molar-refractivity contribution in [1.29, 1.82) is 0 Å². The highest BCUT2D eigenvalue weighted by Gasteiger charge is 2.30. The Balaban J connectivity index is 1.79. The number of carbonyl (C=O) groups is 2. The molecule has 6 nitrogen and oxygen atoms in total. The second-order valence-corrected chi connectivity index (χ2v) is 7.49. The fourth-order valence-corrected chi connectivity index (χ4v) is 3.63. The van der Waals surface area contributed by atoms with Crippen molar-refractivity contribution in [3.63, 3.8) is 0 Å². The molecule has 2 aromatic carbocycles. The summed E-state index contributed by atoms with van der Waals surface area (Å²) in [5, 5.41) is 15.7. The molecular formula is C21H17BrN2O4S. The molecule has 1 aliphatic heterocycles. The van der Waals surface area contributed by atoms with Crippen LogP contribution in [0.2, 0.25) is 0 Å². The molecule has 1 unspecified atom stereocenters. The number of allylic oxidation sites excluding steroid dienone is 1. The van der Waals surface area contributed by atoms with E-state index < -0.39 is 18.0 Å². The molecule has 0 saturated carbocycles. The van der Waals surface area contributed by atoms with Crippen molar-refractivity contribution in [2.45, 2.75) is 13.0 Å². The third-order valence-corrected chi connectivity index (χ3v) is 5.05. The molecule has 8 heteroatoms. The highest BCUT2D eigenvalue weighted by atomic mass is 79.9. The molecule has 0 amide bonds. The normalized spacial score (nSPS) is 16.3. The number of nitrogens with one attached hydrogen (secondary N) is 2. The first kappa shape index (κ1) is 20.8. The van der Waals surface area contributed by atoms with Crippen LogP contribution in [0.1, 0.15) is 24.1 Å². The number of esters is 1. The van der Waals surface area contributed by atoms with Gasteiger partial charge < -0.3 is 20.5 Å². The fraction of sp³-hybridized carbons (Fsp3) is 0.0952. The van der Waals surface area contributed by atoms with Crippen molar-refractivity contribution in [3.8, 4) is 5.75 Å². The molecule has 0 aliphatic carbocycles.